The Balaban J connectivity index is 1.48. The molecule has 2 aromatic heterocycles. The Hall–Kier alpha value is -3.22. The number of nitrogens with zero attached hydrogens (tertiary/aromatic N) is 5. The Kier molecular flexibility index (Phi) is 4.82. The normalized spacial score (nSPS) is 14.3. The molecule has 1 fully saturated rings. The molecule has 138 valence electrons. The van der Waals surface area contributed by atoms with Crippen LogP contribution >= 0.6 is 0 Å². The predicted octanol–water partition coefficient (Wildman–Crippen LogP) is 3.39. The van der Waals surface area contributed by atoms with E-state index < -0.39 is 0 Å². The van der Waals surface area contributed by atoms with Crippen LogP contribution in [0.5, 0.6) is 0 Å². The fourth-order valence-corrected chi connectivity index (χ4v) is 3.18. The summed E-state index contributed by atoms with van der Waals surface area (Å²) in [4.78, 5) is 17.9. The number of anilines is 4. The summed E-state index contributed by atoms with van der Waals surface area (Å²) < 4.78 is 13.9. The van der Waals surface area contributed by atoms with Gasteiger partial charge >= 0.3 is 0 Å². The molecule has 6 nitrogen and oxygen atoms in total. The number of nitrogens with one attached hydrogen (secondary N) is 1. The van der Waals surface area contributed by atoms with Gasteiger partial charge in [-0.25, -0.2) is 19.3 Å². The molecule has 27 heavy (non-hydrogen) atoms. The molecule has 0 radical (unpaired) electrons. The number of hydrogen-bond acceptors (Lipinski definition) is 6. The first-order valence-corrected chi connectivity index (χ1v) is 8.97. The Morgan fingerprint density at radius 2 is 1.59 bits per heavy atom. The van der Waals surface area contributed by atoms with Gasteiger partial charge in [0.1, 0.15) is 29.1 Å². The van der Waals surface area contributed by atoms with E-state index in [4.69, 9.17) is 0 Å². The highest BCUT2D eigenvalue weighted by Gasteiger charge is 2.20. The molecule has 3 heterocycles. The minimum absolute atomic E-state index is 0.306. The van der Waals surface area contributed by atoms with Crippen LogP contribution in [0.1, 0.15) is 5.82 Å². The summed E-state index contributed by atoms with van der Waals surface area (Å²) in [5.74, 6) is 2.78. The Morgan fingerprint density at radius 3 is 2.30 bits per heavy atom. The first-order chi connectivity index (χ1) is 13.2. The van der Waals surface area contributed by atoms with Gasteiger partial charge in [0.05, 0.1) is 5.69 Å². The van der Waals surface area contributed by atoms with Crippen molar-refractivity contribution in [3.63, 3.8) is 0 Å². The van der Waals surface area contributed by atoms with Gasteiger partial charge in [0.25, 0.3) is 0 Å². The van der Waals surface area contributed by atoms with E-state index in [1.165, 1.54) is 6.07 Å². The van der Waals surface area contributed by atoms with Crippen LogP contribution in [0.25, 0.3) is 0 Å². The summed E-state index contributed by atoms with van der Waals surface area (Å²) in [5, 5.41) is 3.05. The van der Waals surface area contributed by atoms with Crippen molar-refractivity contribution in [2.75, 3.05) is 41.3 Å². The zero-order chi connectivity index (χ0) is 18.6. The van der Waals surface area contributed by atoms with E-state index in [0.717, 1.165) is 37.8 Å². The van der Waals surface area contributed by atoms with Crippen LogP contribution in [0.3, 0.4) is 0 Å². The lowest BCUT2D eigenvalue weighted by molar-refractivity contribution is 0.631. The molecule has 0 amide bonds. The number of halogens is 1. The SMILES string of the molecule is Cc1nc(Nc2ccccc2F)cc(N2CCN(c3ccccn3)CC2)n1. The van der Waals surface area contributed by atoms with E-state index in [2.05, 4.69) is 30.1 Å². The fraction of sp³-hybridized carbons (Fsp3) is 0.250. The molecular weight excluding hydrogens is 343 g/mol. The number of benzene rings is 1. The second kappa shape index (κ2) is 7.57. The van der Waals surface area contributed by atoms with Gasteiger partial charge in [-0.05, 0) is 31.2 Å². The smallest absolute Gasteiger partial charge is 0.146 e. The maximum absolute atomic E-state index is 13.9. The third-order valence-electron chi connectivity index (χ3n) is 4.54. The van der Waals surface area contributed by atoms with Crippen LogP contribution in [0.2, 0.25) is 0 Å². The van der Waals surface area contributed by atoms with Crippen molar-refractivity contribution >= 4 is 23.1 Å². The maximum atomic E-state index is 13.9. The predicted molar refractivity (Wildman–Crippen MR) is 105 cm³/mol. The molecule has 1 aromatic carbocycles. The summed E-state index contributed by atoms with van der Waals surface area (Å²) in [7, 11) is 0. The largest absolute Gasteiger partial charge is 0.353 e. The molecule has 0 bridgehead atoms. The number of para-hydroxylation sites is 1. The lowest BCUT2D eigenvalue weighted by Gasteiger charge is -2.36. The molecule has 0 unspecified atom stereocenters. The van der Waals surface area contributed by atoms with Gasteiger partial charge < -0.3 is 15.1 Å². The minimum atomic E-state index is -0.306. The summed E-state index contributed by atoms with van der Waals surface area (Å²) >= 11 is 0. The molecule has 0 saturated carbocycles. The van der Waals surface area contributed by atoms with Gasteiger partial charge in [0.2, 0.25) is 0 Å². The summed E-state index contributed by atoms with van der Waals surface area (Å²) in [5.41, 5.74) is 0.404. The van der Waals surface area contributed by atoms with Crippen LogP contribution in [-0.2, 0) is 0 Å². The van der Waals surface area contributed by atoms with Gasteiger partial charge in [-0.3, -0.25) is 0 Å². The van der Waals surface area contributed by atoms with Crippen molar-refractivity contribution in [1.82, 2.24) is 15.0 Å². The van der Waals surface area contributed by atoms with E-state index in [-0.39, 0.29) is 5.82 Å². The summed E-state index contributed by atoms with van der Waals surface area (Å²) in [6.45, 7) is 5.27. The molecule has 3 aromatic rings. The molecular formula is C20H21FN6. The van der Waals surface area contributed by atoms with Gasteiger partial charge in [-0.15, -0.1) is 0 Å². The highest BCUT2D eigenvalue weighted by atomic mass is 19.1. The molecule has 0 aliphatic carbocycles. The Morgan fingerprint density at radius 1 is 0.889 bits per heavy atom. The number of piperazine rings is 1. The van der Waals surface area contributed by atoms with Crippen LogP contribution in [0.15, 0.2) is 54.7 Å². The van der Waals surface area contributed by atoms with E-state index in [1.54, 1.807) is 18.2 Å². The van der Waals surface area contributed by atoms with Crippen molar-refractivity contribution in [3.8, 4) is 0 Å². The molecule has 1 saturated heterocycles. The van der Waals surface area contributed by atoms with E-state index in [1.807, 2.05) is 37.4 Å². The van der Waals surface area contributed by atoms with Crippen molar-refractivity contribution < 1.29 is 4.39 Å². The third kappa shape index (κ3) is 3.97. The quantitative estimate of drug-likeness (QED) is 0.766. The van der Waals surface area contributed by atoms with Gasteiger partial charge in [-0.2, -0.15) is 0 Å². The monoisotopic (exact) mass is 364 g/mol. The molecule has 7 heteroatoms. The topological polar surface area (TPSA) is 57.2 Å². The van der Waals surface area contributed by atoms with Crippen molar-refractivity contribution in [3.05, 3.63) is 66.4 Å². The van der Waals surface area contributed by atoms with Crippen LogP contribution in [-0.4, -0.2) is 41.1 Å². The average Bonchev–Trinajstić information content (AvgIpc) is 2.70. The first-order valence-electron chi connectivity index (χ1n) is 8.97. The Labute approximate surface area is 157 Å². The maximum Gasteiger partial charge on any atom is 0.146 e. The second-order valence-corrected chi connectivity index (χ2v) is 6.43. The number of pyridine rings is 1. The van der Waals surface area contributed by atoms with Crippen LogP contribution in [0.4, 0.5) is 27.5 Å². The van der Waals surface area contributed by atoms with Gasteiger partial charge in [0.15, 0.2) is 0 Å². The third-order valence-corrected chi connectivity index (χ3v) is 4.54. The van der Waals surface area contributed by atoms with Crippen molar-refractivity contribution in [2.24, 2.45) is 0 Å². The van der Waals surface area contributed by atoms with E-state index in [9.17, 15) is 4.39 Å². The highest BCUT2D eigenvalue weighted by molar-refractivity contribution is 5.60. The molecule has 1 N–H and O–H groups in total. The zero-order valence-electron chi connectivity index (χ0n) is 15.1. The highest BCUT2D eigenvalue weighted by Crippen LogP contribution is 2.23. The van der Waals surface area contributed by atoms with Gasteiger partial charge in [-0.1, -0.05) is 18.2 Å². The van der Waals surface area contributed by atoms with Crippen LogP contribution < -0.4 is 15.1 Å². The Bertz CT molecular complexity index is 909. The first kappa shape index (κ1) is 17.2. The minimum Gasteiger partial charge on any atom is -0.353 e. The second-order valence-electron chi connectivity index (χ2n) is 6.43. The van der Waals surface area contributed by atoms with Crippen molar-refractivity contribution in [1.29, 1.82) is 0 Å². The number of rotatable bonds is 4. The molecule has 0 spiro atoms. The molecule has 1 aliphatic heterocycles. The van der Waals surface area contributed by atoms with Gasteiger partial charge in [0, 0.05) is 38.4 Å². The summed E-state index contributed by atoms with van der Waals surface area (Å²) in [6.07, 6.45) is 1.82. The van der Waals surface area contributed by atoms with E-state index in [0.29, 0.717) is 17.3 Å². The number of aryl methyl sites for hydroxylation is 1. The lowest BCUT2D eigenvalue weighted by Crippen LogP contribution is -2.47. The lowest BCUT2D eigenvalue weighted by atomic mass is 10.3. The zero-order valence-corrected chi connectivity index (χ0v) is 15.1. The fourth-order valence-electron chi connectivity index (χ4n) is 3.18. The van der Waals surface area contributed by atoms with E-state index >= 15 is 0 Å². The molecule has 0 atom stereocenters. The number of hydrogen-bond donors (Lipinski definition) is 1. The summed E-state index contributed by atoms with van der Waals surface area (Å²) in [6, 6.07) is 14.4. The number of aromatic nitrogens is 3. The average molecular weight is 364 g/mol. The standard InChI is InChI=1S/C20H21FN6/c1-15-23-18(25-17-7-3-2-6-16(17)21)14-20(24-15)27-12-10-26(11-13-27)19-8-4-5-9-22-19/h2-9,14H,10-13H2,1H3,(H,23,24,25). The molecule has 4 rings (SSSR count). The van der Waals surface area contributed by atoms with Crippen LogP contribution in [0, 0.1) is 12.7 Å². The molecule has 1 aliphatic rings. The van der Waals surface area contributed by atoms with Crippen molar-refractivity contribution in [2.45, 2.75) is 6.92 Å².